The van der Waals surface area contributed by atoms with Crippen LogP contribution in [-0.4, -0.2) is 40.2 Å². The van der Waals surface area contributed by atoms with Gasteiger partial charge in [0.2, 0.25) is 0 Å². The monoisotopic (exact) mass is 226 g/mol. The molecule has 0 aliphatic rings. The zero-order valence-corrected chi connectivity index (χ0v) is 9.64. The molecule has 2 atom stereocenters. The lowest BCUT2D eigenvalue weighted by Gasteiger charge is -2.18. The van der Waals surface area contributed by atoms with E-state index in [1.165, 1.54) is 0 Å². The minimum Gasteiger partial charge on any atom is -0.388 e. The fourth-order valence-electron chi connectivity index (χ4n) is 1.58. The zero-order chi connectivity index (χ0) is 12.0. The summed E-state index contributed by atoms with van der Waals surface area (Å²) in [6, 6.07) is 0. The predicted molar refractivity (Wildman–Crippen MR) is 59.1 cm³/mol. The van der Waals surface area contributed by atoms with Gasteiger partial charge in [0.05, 0.1) is 12.0 Å². The van der Waals surface area contributed by atoms with E-state index in [1.807, 2.05) is 13.8 Å². The normalized spacial score (nSPS) is 14.7. The molecule has 1 heterocycles. The number of aromatic nitrogens is 2. The maximum Gasteiger partial charge on any atom is 0.186 e. The summed E-state index contributed by atoms with van der Waals surface area (Å²) in [7, 11) is 0. The molecule has 90 valence electrons. The molecule has 0 radical (unpaired) electrons. The molecule has 0 fully saturated rings. The van der Waals surface area contributed by atoms with Crippen molar-refractivity contribution < 1.29 is 14.6 Å². The number of ether oxygens (including phenoxy) is 1. The molecule has 0 amide bonds. The van der Waals surface area contributed by atoms with E-state index >= 15 is 0 Å². The summed E-state index contributed by atoms with van der Waals surface area (Å²) in [6.07, 6.45) is 3.41. The lowest BCUT2D eigenvalue weighted by atomic mass is 9.98. The van der Waals surface area contributed by atoms with Gasteiger partial charge < -0.3 is 14.8 Å². The lowest BCUT2D eigenvalue weighted by molar-refractivity contribution is -0.133. The minimum absolute atomic E-state index is 0.123. The van der Waals surface area contributed by atoms with Crippen LogP contribution in [0, 0.1) is 0 Å². The maximum atomic E-state index is 11.4. The number of aliphatic hydroxyl groups is 1. The molecule has 16 heavy (non-hydrogen) atoms. The Balaban J connectivity index is 2.57. The van der Waals surface area contributed by atoms with Gasteiger partial charge in [-0.1, -0.05) is 6.92 Å². The lowest BCUT2D eigenvalue weighted by Crippen LogP contribution is -2.28. The van der Waals surface area contributed by atoms with Crippen molar-refractivity contribution in [1.29, 1.82) is 0 Å². The van der Waals surface area contributed by atoms with Crippen LogP contribution < -0.4 is 0 Å². The highest BCUT2D eigenvalue weighted by atomic mass is 16.5. The first kappa shape index (κ1) is 12.9. The number of rotatable bonds is 7. The smallest absolute Gasteiger partial charge is 0.186 e. The van der Waals surface area contributed by atoms with Crippen LogP contribution >= 0.6 is 0 Å². The summed E-state index contributed by atoms with van der Waals surface area (Å²) in [5.74, 6) is -0.150. The van der Waals surface area contributed by atoms with Crippen molar-refractivity contribution in [3.63, 3.8) is 0 Å². The quantitative estimate of drug-likeness (QED) is 0.723. The third-order valence-corrected chi connectivity index (χ3v) is 2.47. The molecule has 0 saturated heterocycles. The van der Waals surface area contributed by atoms with Gasteiger partial charge in [-0.3, -0.25) is 4.79 Å². The van der Waals surface area contributed by atoms with E-state index in [0.29, 0.717) is 13.0 Å². The Morgan fingerprint density at radius 2 is 2.44 bits per heavy atom. The number of aliphatic hydroxyl groups excluding tert-OH is 1. The Kier molecular flexibility index (Phi) is 5.14. The number of carbonyl (C=O) groups is 1. The molecule has 0 aliphatic carbocycles. The van der Waals surface area contributed by atoms with E-state index in [0.717, 1.165) is 5.69 Å². The van der Waals surface area contributed by atoms with Crippen LogP contribution in [0.3, 0.4) is 0 Å². The number of nitrogens with one attached hydrogen (secondary N) is 1. The molecule has 1 aromatic rings. The first-order chi connectivity index (χ1) is 7.69. The molecule has 1 aromatic heterocycles. The molecule has 0 bridgehead atoms. The molecule has 2 N–H and O–H groups in total. The van der Waals surface area contributed by atoms with Crippen LogP contribution in [0.2, 0.25) is 0 Å². The SMILES string of the molecule is CCOC(CC(C)c1c[nH]cn1)C(=O)CO. The molecular formula is C11H18N2O3. The highest BCUT2D eigenvalue weighted by molar-refractivity contribution is 5.84. The first-order valence-electron chi connectivity index (χ1n) is 5.42. The van der Waals surface area contributed by atoms with Gasteiger partial charge in [0.1, 0.15) is 12.7 Å². The van der Waals surface area contributed by atoms with Crippen molar-refractivity contribution in [2.24, 2.45) is 0 Å². The Hall–Kier alpha value is -1.20. The topological polar surface area (TPSA) is 75.2 Å². The van der Waals surface area contributed by atoms with Gasteiger partial charge in [-0.2, -0.15) is 0 Å². The van der Waals surface area contributed by atoms with E-state index in [2.05, 4.69) is 9.97 Å². The second-order valence-electron chi connectivity index (χ2n) is 3.70. The molecule has 2 unspecified atom stereocenters. The Morgan fingerprint density at radius 1 is 1.69 bits per heavy atom. The molecule has 0 aromatic carbocycles. The van der Waals surface area contributed by atoms with Crippen molar-refractivity contribution in [1.82, 2.24) is 9.97 Å². The number of imidazole rings is 1. The minimum atomic E-state index is -0.540. The summed E-state index contributed by atoms with van der Waals surface area (Å²) >= 11 is 0. The second kappa shape index (κ2) is 6.40. The highest BCUT2D eigenvalue weighted by Crippen LogP contribution is 2.19. The van der Waals surface area contributed by atoms with Crippen molar-refractivity contribution in [2.75, 3.05) is 13.2 Å². The van der Waals surface area contributed by atoms with Crippen molar-refractivity contribution in [2.45, 2.75) is 32.3 Å². The average molecular weight is 226 g/mol. The van der Waals surface area contributed by atoms with Crippen LogP contribution in [0.15, 0.2) is 12.5 Å². The number of aromatic amines is 1. The van der Waals surface area contributed by atoms with Crippen LogP contribution in [0.1, 0.15) is 31.9 Å². The summed E-state index contributed by atoms with van der Waals surface area (Å²) in [6.45, 7) is 3.80. The van der Waals surface area contributed by atoms with Crippen molar-refractivity contribution in [3.8, 4) is 0 Å². The summed E-state index contributed by atoms with van der Waals surface area (Å²) in [5.41, 5.74) is 0.899. The van der Waals surface area contributed by atoms with Crippen LogP contribution in [-0.2, 0) is 9.53 Å². The molecule has 1 rings (SSSR count). The Labute approximate surface area is 94.8 Å². The number of H-pyrrole nitrogens is 1. The molecular weight excluding hydrogens is 208 g/mol. The van der Waals surface area contributed by atoms with E-state index in [4.69, 9.17) is 9.84 Å². The summed E-state index contributed by atoms with van der Waals surface area (Å²) < 4.78 is 5.32. The Bertz CT molecular complexity index is 311. The van der Waals surface area contributed by atoms with E-state index in [-0.39, 0.29) is 11.7 Å². The molecule has 5 nitrogen and oxygen atoms in total. The summed E-state index contributed by atoms with van der Waals surface area (Å²) in [4.78, 5) is 18.4. The average Bonchev–Trinajstić information content (AvgIpc) is 2.80. The van der Waals surface area contributed by atoms with Gasteiger partial charge in [-0.25, -0.2) is 4.98 Å². The third-order valence-electron chi connectivity index (χ3n) is 2.47. The van der Waals surface area contributed by atoms with Crippen LogP contribution in [0.5, 0.6) is 0 Å². The standard InChI is InChI=1S/C11H18N2O3/c1-3-16-11(10(15)6-14)4-8(2)9-5-12-7-13-9/h5,7-8,11,14H,3-4,6H2,1-2H3,(H,12,13). The zero-order valence-electron chi connectivity index (χ0n) is 9.64. The van der Waals surface area contributed by atoms with Crippen molar-refractivity contribution in [3.05, 3.63) is 18.2 Å². The molecule has 0 aliphatic heterocycles. The van der Waals surface area contributed by atoms with E-state index in [9.17, 15) is 4.79 Å². The molecule has 0 spiro atoms. The number of ketones is 1. The number of nitrogens with zero attached hydrogens (tertiary/aromatic N) is 1. The summed E-state index contributed by atoms with van der Waals surface area (Å²) in [5, 5.41) is 8.82. The Morgan fingerprint density at radius 3 is 2.94 bits per heavy atom. The molecule has 5 heteroatoms. The fraction of sp³-hybridized carbons (Fsp3) is 0.636. The molecule has 0 saturated carbocycles. The van der Waals surface area contributed by atoms with E-state index < -0.39 is 12.7 Å². The maximum absolute atomic E-state index is 11.4. The first-order valence-corrected chi connectivity index (χ1v) is 5.42. The number of hydrogen-bond donors (Lipinski definition) is 2. The van der Waals surface area contributed by atoms with Gasteiger partial charge in [-0.15, -0.1) is 0 Å². The van der Waals surface area contributed by atoms with Crippen LogP contribution in [0.25, 0.3) is 0 Å². The van der Waals surface area contributed by atoms with E-state index in [1.54, 1.807) is 12.5 Å². The number of hydrogen-bond acceptors (Lipinski definition) is 4. The highest BCUT2D eigenvalue weighted by Gasteiger charge is 2.22. The van der Waals surface area contributed by atoms with Crippen molar-refractivity contribution >= 4 is 5.78 Å². The van der Waals surface area contributed by atoms with Gasteiger partial charge in [0.15, 0.2) is 5.78 Å². The van der Waals surface area contributed by atoms with Gasteiger partial charge in [-0.05, 0) is 13.3 Å². The second-order valence-corrected chi connectivity index (χ2v) is 3.70. The van der Waals surface area contributed by atoms with Gasteiger partial charge >= 0.3 is 0 Å². The number of Topliss-reactive ketones (excluding diaryl/α,β-unsaturated/α-hetero) is 1. The fourth-order valence-corrected chi connectivity index (χ4v) is 1.58. The largest absolute Gasteiger partial charge is 0.388 e. The van der Waals surface area contributed by atoms with Crippen LogP contribution in [0.4, 0.5) is 0 Å². The number of carbonyl (C=O) groups excluding carboxylic acids is 1. The third kappa shape index (κ3) is 3.43. The predicted octanol–water partition coefficient (Wildman–Crippen LogP) is 0.870. The van der Waals surface area contributed by atoms with Gasteiger partial charge in [0.25, 0.3) is 0 Å². The van der Waals surface area contributed by atoms with Gasteiger partial charge in [0, 0.05) is 18.7 Å².